The molecule has 4 rings (SSSR count). The molecule has 2 aromatic rings. The first-order chi connectivity index (χ1) is 13.8. The Bertz CT molecular complexity index is 805. The lowest BCUT2D eigenvalue weighted by Gasteiger charge is -2.21. The number of hydrogen-bond acceptors (Lipinski definition) is 5. The first kappa shape index (κ1) is 18.8. The van der Waals surface area contributed by atoms with Crippen LogP contribution in [0.3, 0.4) is 0 Å². The summed E-state index contributed by atoms with van der Waals surface area (Å²) in [6.45, 7) is 3.99. The van der Waals surface area contributed by atoms with Gasteiger partial charge in [-0.25, -0.2) is 4.98 Å². The Morgan fingerprint density at radius 2 is 1.79 bits per heavy atom. The molecular formula is C21H26N4O2S. The molecular weight excluding hydrogens is 372 g/mol. The molecule has 0 aliphatic carbocycles. The minimum atomic E-state index is 0.569. The third kappa shape index (κ3) is 4.84. The molecule has 0 bridgehead atoms. The van der Waals surface area contributed by atoms with Gasteiger partial charge in [0.05, 0.1) is 11.9 Å². The quantitative estimate of drug-likeness (QED) is 0.761. The smallest absolute Gasteiger partial charge is 0.171 e. The van der Waals surface area contributed by atoms with Crippen molar-refractivity contribution in [3.8, 4) is 11.5 Å². The van der Waals surface area contributed by atoms with Crippen molar-refractivity contribution < 1.29 is 9.47 Å². The van der Waals surface area contributed by atoms with E-state index >= 15 is 0 Å². The van der Waals surface area contributed by atoms with E-state index in [0.717, 1.165) is 41.7 Å². The molecule has 7 heteroatoms. The minimum absolute atomic E-state index is 0.569. The van der Waals surface area contributed by atoms with Crippen molar-refractivity contribution >= 4 is 28.8 Å². The van der Waals surface area contributed by atoms with Gasteiger partial charge in [0.1, 0.15) is 19.0 Å². The van der Waals surface area contributed by atoms with Crippen molar-refractivity contribution in [2.75, 3.05) is 36.5 Å². The molecule has 0 atom stereocenters. The Kier molecular flexibility index (Phi) is 6.11. The maximum atomic E-state index is 5.62. The number of anilines is 2. The molecule has 1 fully saturated rings. The van der Waals surface area contributed by atoms with Crippen LogP contribution in [0.25, 0.3) is 0 Å². The molecule has 1 aromatic carbocycles. The third-order valence-corrected chi connectivity index (χ3v) is 5.24. The molecule has 1 saturated heterocycles. The lowest BCUT2D eigenvalue weighted by molar-refractivity contribution is 0.171. The van der Waals surface area contributed by atoms with Gasteiger partial charge in [0.15, 0.2) is 16.6 Å². The summed E-state index contributed by atoms with van der Waals surface area (Å²) in [7, 11) is 0. The van der Waals surface area contributed by atoms with E-state index in [9.17, 15) is 0 Å². The Morgan fingerprint density at radius 1 is 1.00 bits per heavy atom. The Hall–Kier alpha value is -2.54. The molecule has 0 saturated carbocycles. The summed E-state index contributed by atoms with van der Waals surface area (Å²) in [5.74, 6) is 2.63. The van der Waals surface area contributed by atoms with Crippen molar-refractivity contribution in [1.29, 1.82) is 0 Å². The first-order valence-corrected chi connectivity index (χ1v) is 10.3. The maximum absolute atomic E-state index is 5.62. The van der Waals surface area contributed by atoms with Crippen LogP contribution in [0.1, 0.15) is 31.2 Å². The summed E-state index contributed by atoms with van der Waals surface area (Å²) in [5.41, 5.74) is 1.97. The van der Waals surface area contributed by atoms with E-state index in [4.69, 9.17) is 21.7 Å². The third-order valence-electron chi connectivity index (χ3n) is 5.00. The molecule has 0 unspecified atom stereocenters. The van der Waals surface area contributed by atoms with Gasteiger partial charge in [0, 0.05) is 19.6 Å². The summed E-state index contributed by atoms with van der Waals surface area (Å²) >= 11 is 5.42. The van der Waals surface area contributed by atoms with Gasteiger partial charge in [-0.1, -0.05) is 18.9 Å². The highest BCUT2D eigenvalue weighted by molar-refractivity contribution is 7.80. The zero-order chi connectivity index (χ0) is 19.2. The van der Waals surface area contributed by atoms with Crippen LogP contribution in [0.15, 0.2) is 36.5 Å². The van der Waals surface area contributed by atoms with E-state index in [1.807, 2.05) is 30.5 Å². The number of fused-ring (bicyclic) bond motifs is 1. The Balaban J connectivity index is 1.29. The van der Waals surface area contributed by atoms with Crippen LogP contribution in [0.5, 0.6) is 11.5 Å². The number of ether oxygens (including phenoxy) is 2. The van der Waals surface area contributed by atoms with Crippen LogP contribution >= 0.6 is 12.2 Å². The minimum Gasteiger partial charge on any atom is -0.486 e. The number of hydrogen-bond donors (Lipinski definition) is 2. The van der Waals surface area contributed by atoms with Crippen LogP contribution < -0.4 is 25.0 Å². The van der Waals surface area contributed by atoms with Crippen molar-refractivity contribution in [3.05, 3.63) is 42.1 Å². The normalized spacial score (nSPS) is 16.2. The monoisotopic (exact) mass is 398 g/mol. The van der Waals surface area contributed by atoms with E-state index < -0.39 is 0 Å². The molecule has 0 spiro atoms. The lowest BCUT2D eigenvalue weighted by Crippen LogP contribution is -2.28. The van der Waals surface area contributed by atoms with Crippen LogP contribution in [0.2, 0.25) is 0 Å². The van der Waals surface area contributed by atoms with Gasteiger partial charge < -0.3 is 25.0 Å². The molecule has 1 aromatic heterocycles. The standard InChI is InChI=1S/C21H26N4O2S/c28-21(23-14-16-5-7-18-19(13-16)27-12-11-26-18)24-17-6-8-20(22-15-17)25-9-3-1-2-4-10-25/h5-8,13,15H,1-4,9-12,14H2,(H2,23,24,28). The van der Waals surface area contributed by atoms with Gasteiger partial charge in [-0.05, 0) is 54.9 Å². The average molecular weight is 399 g/mol. The zero-order valence-electron chi connectivity index (χ0n) is 15.9. The molecule has 28 heavy (non-hydrogen) atoms. The fraction of sp³-hybridized carbons (Fsp3) is 0.429. The summed E-state index contributed by atoms with van der Waals surface area (Å²) in [6.07, 6.45) is 6.97. The van der Waals surface area contributed by atoms with Crippen molar-refractivity contribution in [2.24, 2.45) is 0 Å². The Labute approximate surface area is 171 Å². The van der Waals surface area contributed by atoms with E-state index in [-0.39, 0.29) is 0 Å². The van der Waals surface area contributed by atoms with Crippen LogP contribution in [-0.2, 0) is 6.54 Å². The summed E-state index contributed by atoms with van der Waals surface area (Å²) in [5, 5.41) is 7.00. The fourth-order valence-corrected chi connectivity index (χ4v) is 3.69. The molecule has 148 valence electrons. The lowest BCUT2D eigenvalue weighted by atomic mass is 10.2. The van der Waals surface area contributed by atoms with Crippen LogP contribution in [-0.4, -0.2) is 36.4 Å². The van der Waals surface area contributed by atoms with E-state index in [1.165, 1.54) is 25.7 Å². The summed E-state index contributed by atoms with van der Waals surface area (Å²) < 4.78 is 11.2. The van der Waals surface area contributed by atoms with Crippen molar-refractivity contribution in [1.82, 2.24) is 10.3 Å². The summed E-state index contributed by atoms with van der Waals surface area (Å²) in [6, 6.07) is 10.0. The SMILES string of the molecule is S=C(NCc1ccc2c(c1)OCCO2)Nc1ccc(N2CCCCCC2)nc1. The molecule has 0 radical (unpaired) electrons. The van der Waals surface area contributed by atoms with Crippen LogP contribution in [0, 0.1) is 0 Å². The number of rotatable bonds is 4. The van der Waals surface area contributed by atoms with Gasteiger partial charge in [0.25, 0.3) is 0 Å². The molecule has 6 nitrogen and oxygen atoms in total. The number of pyridine rings is 1. The van der Waals surface area contributed by atoms with Gasteiger partial charge in [-0.3, -0.25) is 0 Å². The highest BCUT2D eigenvalue weighted by Crippen LogP contribution is 2.30. The number of aromatic nitrogens is 1. The molecule has 2 N–H and O–H groups in total. The molecule has 2 aliphatic heterocycles. The number of nitrogens with zero attached hydrogens (tertiary/aromatic N) is 2. The second-order valence-electron chi connectivity index (χ2n) is 7.09. The van der Waals surface area contributed by atoms with Crippen molar-refractivity contribution in [2.45, 2.75) is 32.2 Å². The number of thiocarbonyl (C=S) groups is 1. The van der Waals surface area contributed by atoms with E-state index in [1.54, 1.807) is 0 Å². The highest BCUT2D eigenvalue weighted by atomic mass is 32.1. The average Bonchev–Trinajstić information content (AvgIpc) is 3.02. The second kappa shape index (κ2) is 9.10. The predicted molar refractivity (Wildman–Crippen MR) is 115 cm³/mol. The number of nitrogens with one attached hydrogen (secondary N) is 2. The molecule has 0 amide bonds. The van der Waals surface area contributed by atoms with E-state index in [2.05, 4.69) is 26.6 Å². The van der Waals surface area contributed by atoms with Gasteiger partial charge in [0.2, 0.25) is 0 Å². The Morgan fingerprint density at radius 3 is 2.54 bits per heavy atom. The van der Waals surface area contributed by atoms with Gasteiger partial charge in [-0.15, -0.1) is 0 Å². The van der Waals surface area contributed by atoms with Gasteiger partial charge >= 0.3 is 0 Å². The largest absolute Gasteiger partial charge is 0.486 e. The van der Waals surface area contributed by atoms with Crippen molar-refractivity contribution in [3.63, 3.8) is 0 Å². The fourth-order valence-electron chi connectivity index (χ4n) is 3.50. The first-order valence-electron chi connectivity index (χ1n) is 9.92. The van der Waals surface area contributed by atoms with Gasteiger partial charge in [-0.2, -0.15) is 0 Å². The predicted octanol–water partition coefficient (Wildman–Crippen LogP) is 3.72. The summed E-state index contributed by atoms with van der Waals surface area (Å²) in [4.78, 5) is 6.98. The van der Waals surface area contributed by atoms with E-state index in [0.29, 0.717) is 24.9 Å². The highest BCUT2D eigenvalue weighted by Gasteiger charge is 2.12. The second-order valence-corrected chi connectivity index (χ2v) is 7.50. The number of benzene rings is 1. The van der Waals surface area contributed by atoms with Crippen LogP contribution in [0.4, 0.5) is 11.5 Å². The maximum Gasteiger partial charge on any atom is 0.171 e. The molecule has 2 aliphatic rings. The zero-order valence-corrected chi connectivity index (χ0v) is 16.8. The molecule has 3 heterocycles. The topological polar surface area (TPSA) is 58.6 Å².